The highest BCUT2D eigenvalue weighted by molar-refractivity contribution is 5.89. The third-order valence-corrected chi connectivity index (χ3v) is 5.33. The van der Waals surface area contributed by atoms with Crippen LogP contribution >= 0.6 is 0 Å². The molecule has 0 amide bonds. The van der Waals surface area contributed by atoms with Crippen LogP contribution in [-0.2, 0) is 13.1 Å². The van der Waals surface area contributed by atoms with Crippen LogP contribution in [0, 0.1) is 35.0 Å². The van der Waals surface area contributed by atoms with Gasteiger partial charge in [0.15, 0.2) is 0 Å². The maximum absolute atomic E-state index is 13.4. The molecule has 9 heteroatoms. The first kappa shape index (κ1) is 20.2. The van der Waals surface area contributed by atoms with Crippen LogP contribution in [0.25, 0.3) is 11.0 Å². The Morgan fingerprint density at radius 1 is 1.19 bits per heavy atom. The van der Waals surface area contributed by atoms with Crippen molar-refractivity contribution in [3.63, 3.8) is 0 Å². The minimum Gasteiger partial charge on any atom is -0.355 e. The third-order valence-electron chi connectivity index (χ3n) is 5.33. The van der Waals surface area contributed by atoms with Crippen LogP contribution in [-0.4, -0.2) is 45.3 Å². The normalized spacial score (nSPS) is 13.9. The smallest absolute Gasteiger partial charge is 0.278 e. The maximum Gasteiger partial charge on any atom is 0.278 e. The Hall–Kier alpha value is -4.13. The summed E-state index contributed by atoms with van der Waals surface area (Å²) < 4.78 is 3.11. The Morgan fingerprint density at radius 2 is 2.06 bits per heavy atom. The number of hydrogen-bond acceptors (Lipinski definition) is 7. The van der Waals surface area contributed by atoms with E-state index < -0.39 is 0 Å². The van der Waals surface area contributed by atoms with Crippen LogP contribution in [0.5, 0.6) is 0 Å². The summed E-state index contributed by atoms with van der Waals surface area (Å²) >= 11 is 0. The average molecular weight is 412 g/mol. The molecule has 31 heavy (non-hydrogen) atoms. The fraction of sp³-hybridized carbons (Fsp3) is 0.318. The fourth-order valence-corrected chi connectivity index (χ4v) is 3.93. The summed E-state index contributed by atoms with van der Waals surface area (Å²) in [6.45, 7) is 3.35. The molecule has 0 atom stereocenters. The topological polar surface area (TPSA) is 116 Å². The van der Waals surface area contributed by atoms with Crippen LogP contribution in [0.15, 0.2) is 29.5 Å². The summed E-state index contributed by atoms with van der Waals surface area (Å²) in [4.78, 5) is 24.2. The standard InChI is InChI=1S/C22H20N8O/c1-2-9-30-20-19(17(13-24)21(30)28-10-4-6-25-8-11-28)27-15-29(22(20)31)14-18-16(12-23)5-3-7-26-18/h1,3,5,7,15,25H,4,6,8-11,14H2. The number of pyridine rings is 1. The van der Waals surface area contributed by atoms with Gasteiger partial charge in [-0.15, -0.1) is 6.42 Å². The number of nitrogens with one attached hydrogen (secondary N) is 1. The van der Waals surface area contributed by atoms with E-state index in [1.54, 1.807) is 22.9 Å². The molecule has 1 saturated heterocycles. The Balaban J connectivity index is 1.91. The number of nitriles is 2. The molecule has 4 heterocycles. The molecule has 0 saturated carbocycles. The van der Waals surface area contributed by atoms with Crippen molar-refractivity contribution in [3.05, 3.63) is 51.8 Å². The number of hydrogen-bond donors (Lipinski definition) is 1. The minimum atomic E-state index is -0.328. The van der Waals surface area contributed by atoms with Crippen molar-refractivity contribution in [2.45, 2.75) is 19.5 Å². The lowest BCUT2D eigenvalue weighted by Crippen LogP contribution is -2.31. The second kappa shape index (κ2) is 8.71. The largest absolute Gasteiger partial charge is 0.355 e. The molecule has 0 aliphatic carbocycles. The Kier molecular flexibility index (Phi) is 5.66. The van der Waals surface area contributed by atoms with Crippen molar-refractivity contribution in [2.24, 2.45) is 0 Å². The van der Waals surface area contributed by atoms with E-state index >= 15 is 0 Å². The van der Waals surface area contributed by atoms with Crippen LogP contribution in [0.3, 0.4) is 0 Å². The second-order valence-corrected chi connectivity index (χ2v) is 7.18. The lowest BCUT2D eigenvalue weighted by Gasteiger charge is -2.24. The third kappa shape index (κ3) is 3.61. The molecule has 1 fully saturated rings. The summed E-state index contributed by atoms with van der Waals surface area (Å²) in [7, 11) is 0. The molecule has 1 aliphatic heterocycles. The lowest BCUT2D eigenvalue weighted by atomic mass is 10.2. The van der Waals surface area contributed by atoms with Crippen molar-refractivity contribution in [1.82, 2.24) is 24.4 Å². The molecule has 0 bridgehead atoms. The molecule has 1 N–H and O–H groups in total. The molecule has 0 unspecified atom stereocenters. The van der Waals surface area contributed by atoms with Crippen molar-refractivity contribution in [3.8, 4) is 24.5 Å². The number of aromatic nitrogens is 4. The zero-order chi connectivity index (χ0) is 21.8. The summed E-state index contributed by atoms with van der Waals surface area (Å²) in [5.41, 5.74) is 1.52. The molecule has 1 aliphatic rings. The Bertz CT molecular complexity index is 1310. The van der Waals surface area contributed by atoms with Gasteiger partial charge in [0, 0.05) is 25.8 Å². The summed E-state index contributed by atoms with van der Waals surface area (Å²) in [6.07, 6.45) is 9.51. The van der Waals surface area contributed by atoms with E-state index in [1.165, 1.54) is 10.9 Å². The van der Waals surface area contributed by atoms with Gasteiger partial charge in [-0.1, -0.05) is 5.92 Å². The summed E-state index contributed by atoms with van der Waals surface area (Å²) in [5.74, 6) is 3.24. The Labute approximate surface area is 179 Å². The van der Waals surface area contributed by atoms with Gasteiger partial charge < -0.3 is 14.8 Å². The van der Waals surface area contributed by atoms with Gasteiger partial charge in [0.05, 0.1) is 30.7 Å². The molecular weight excluding hydrogens is 392 g/mol. The number of terminal acetylenes is 1. The molecule has 3 aromatic rings. The maximum atomic E-state index is 13.4. The average Bonchev–Trinajstić information content (AvgIpc) is 2.93. The van der Waals surface area contributed by atoms with Gasteiger partial charge in [0.25, 0.3) is 5.56 Å². The van der Waals surface area contributed by atoms with E-state index in [2.05, 4.69) is 38.2 Å². The number of nitrogens with zero attached hydrogens (tertiary/aromatic N) is 7. The molecule has 4 rings (SSSR count). The number of fused-ring (bicyclic) bond motifs is 1. The Morgan fingerprint density at radius 3 is 2.84 bits per heavy atom. The predicted molar refractivity (Wildman–Crippen MR) is 115 cm³/mol. The molecule has 0 aromatic carbocycles. The fourth-order valence-electron chi connectivity index (χ4n) is 3.93. The quantitative estimate of drug-likeness (QED) is 0.631. The molecule has 0 spiro atoms. The van der Waals surface area contributed by atoms with Crippen molar-refractivity contribution < 1.29 is 0 Å². The van der Waals surface area contributed by atoms with E-state index in [0.717, 1.165) is 26.1 Å². The highest BCUT2D eigenvalue weighted by atomic mass is 16.1. The highest BCUT2D eigenvalue weighted by Crippen LogP contribution is 2.30. The van der Waals surface area contributed by atoms with Gasteiger partial charge in [-0.3, -0.25) is 14.3 Å². The summed E-state index contributed by atoms with van der Waals surface area (Å²) in [5, 5.41) is 22.6. The molecule has 9 nitrogen and oxygen atoms in total. The van der Waals surface area contributed by atoms with Crippen LogP contribution in [0.1, 0.15) is 23.2 Å². The van der Waals surface area contributed by atoms with Gasteiger partial charge in [-0.05, 0) is 25.1 Å². The summed E-state index contributed by atoms with van der Waals surface area (Å²) in [6, 6.07) is 7.65. The van der Waals surface area contributed by atoms with Crippen LogP contribution < -0.4 is 15.8 Å². The lowest BCUT2D eigenvalue weighted by molar-refractivity contribution is 0.714. The predicted octanol–water partition coefficient (Wildman–Crippen LogP) is 0.818. The van der Waals surface area contributed by atoms with Crippen LogP contribution in [0.2, 0.25) is 0 Å². The SMILES string of the molecule is C#CCn1c(N2CCCNCC2)c(C#N)c2ncn(Cc3ncccc3C#N)c(=O)c21. The van der Waals surface area contributed by atoms with Gasteiger partial charge in [0.2, 0.25) is 0 Å². The van der Waals surface area contributed by atoms with Crippen molar-refractivity contribution in [1.29, 1.82) is 10.5 Å². The first-order valence-electron chi connectivity index (χ1n) is 9.94. The van der Waals surface area contributed by atoms with Gasteiger partial charge in [-0.2, -0.15) is 10.5 Å². The van der Waals surface area contributed by atoms with Gasteiger partial charge in [0.1, 0.15) is 34.6 Å². The van der Waals surface area contributed by atoms with Crippen molar-refractivity contribution in [2.75, 3.05) is 31.1 Å². The first-order chi connectivity index (χ1) is 15.2. The van der Waals surface area contributed by atoms with Gasteiger partial charge in [-0.25, -0.2) is 4.98 Å². The van der Waals surface area contributed by atoms with E-state index in [1.807, 2.05) is 0 Å². The molecule has 3 aromatic heterocycles. The van der Waals surface area contributed by atoms with E-state index in [9.17, 15) is 15.3 Å². The minimum absolute atomic E-state index is 0.0948. The first-order valence-corrected chi connectivity index (χ1v) is 9.94. The monoisotopic (exact) mass is 412 g/mol. The molecule has 0 radical (unpaired) electrons. The number of rotatable bonds is 4. The molecular formula is C22H20N8O. The zero-order valence-corrected chi connectivity index (χ0v) is 16.9. The zero-order valence-electron chi connectivity index (χ0n) is 16.9. The van der Waals surface area contributed by atoms with Crippen LogP contribution in [0.4, 0.5) is 5.82 Å². The molecule has 154 valence electrons. The number of anilines is 1. The van der Waals surface area contributed by atoms with E-state index in [0.29, 0.717) is 40.2 Å². The van der Waals surface area contributed by atoms with Gasteiger partial charge >= 0.3 is 0 Å². The van der Waals surface area contributed by atoms with E-state index in [4.69, 9.17) is 6.42 Å². The van der Waals surface area contributed by atoms with Crippen molar-refractivity contribution >= 4 is 16.9 Å². The second-order valence-electron chi connectivity index (χ2n) is 7.18. The highest BCUT2D eigenvalue weighted by Gasteiger charge is 2.26. The van der Waals surface area contributed by atoms with E-state index in [-0.39, 0.29) is 18.6 Å².